The van der Waals surface area contributed by atoms with Gasteiger partial charge in [-0.2, -0.15) is 5.10 Å². The van der Waals surface area contributed by atoms with Crippen molar-refractivity contribution in [1.82, 2.24) is 19.9 Å². The predicted molar refractivity (Wildman–Crippen MR) is 77.9 cm³/mol. The lowest BCUT2D eigenvalue weighted by Crippen LogP contribution is -2.33. The fourth-order valence-corrected chi connectivity index (χ4v) is 1.82. The topological polar surface area (TPSA) is 106 Å². The Morgan fingerprint density at radius 3 is 2.73 bits per heavy atom. The largest absolute Gasteiger partial charge is 0.477 e. The summed E-state index contributed by atoms with van der Waals surface area (Å²) in [5.74, 6) is -1.07. The summed E-state index contributed by atoms with van der Waals surface area (Å²) in [4.78, 5) is 26.6. The molecular formula is C14H18N4O4. The Bertz CT molecular complexity index is 702. The number of aromatic nitrogens is 3. The van der Waals surface area contributed by atoms with Gasteiger partial charge in [0.1, 0.15) is 11.2 Å². The molecule has 0 saturated heterocycles. The Kier molecular flexibility index (Phi) is 4.30. The molecule has 2 aromatic heterocycles. The number of nitrogens with one attached hydrogen (secondary N) is 1. The van der Waals surface area contributed by atoms with E-state index in [9.17, 15) is 9.59 Å². The minimum atomic E-state index is -1.07. The van der Waals surface area contributed by atoms with Crippen LogP contribution in [0.2, 0.25) is 0 Å². The van der Waals surface area contributed by atoms with E-state index >= 15 is 0 Å². The molecule has 0 bridgehead atoms. The van der Waals surface area contributed by atoms with Crippen LogP contribution in [0.5, 0.6) is 0 Å². The molecule has 0 aliphatic carbocycles. The van der Waals surface area contributed by atoms with Crippen molar-refractivity contribution < 1.29 is 19.4 Å². The molecule has 2 heterocycles. The molecule has 1 amide bonds. The van der Waals surface area contributed by atoms with Crippen molar-refractivity contribution in [3.05, 3.63) is 29.7 Å². The van der Waals surface area contributed by atoms with E-state index in [0.717, 1.165) is 5.56 Å². The summed E-state index contributed by atoms with van der Waals surface area (Å²) in [7, 11) is 0. The van der Waals surface area contributed by atoms with Crippen molar-refractivity contribution in [2.75, 3.05) is 6.54 Å². The first-order valence-corrected chi connectivity index (χ1v) is 6.79. The van der Waals surface area contributed by atoms with Gasteiger partial charge in [-0.05, 0) is 32.8 Å². The Morgan fingerprint density at radius 1 is 1.36 bits per heavy atom. The highest BCUT2D eigenvalue weighted by Gasteiger charge is 2.16. The van der Waals surface area contributed by atoms with E-state index in [0.29, 0.717) is 13.0 Å². The Labute approximate surface area is 127 Å². The van der Waals surface area contributed by atoms with Gasteiger partial charge in [-0.3, -0.25) is 0 Å². The maximum Gasteiger partial charge on any atom is 0.407 e. The van der Waals surface area contributed by atoms with E-state index in [2.05, 4.69) is 15.4 Å². The Hall–Kier alpha value is -2.64. The summed E-state index contributed by atoms with van der Waals surface area (Å²) in [6.45, 7) is 5.77. The van der Waals surface area contributed by atoms with Gasteiger partial charge in [0.15, 0.2) is 5.65 Å². The first-order valence-electron chi connectivity index (χ1n) is 6.79. The third-order valence-electron chi connectivity index (χ3n) is 2.72. The van der Waals surface area contributed by atoms with Crippen molar-refractivity contribution in [3.8, 4) is 0 Å². The van der Waals surface area contributed by atoms with Crippen LogP contribution in [0.3, 0.4) is 0 Å². The fraction of sp³-hybridized carbons (Fsp3) is 0.429. The van der Waals surface area contributed by atoms with Crippen molar-refractivity contribution in [3.63, 3.8) is 0 Å². The number of aromatic carboxylic acids is 1. The van der Waals surface area contributed by atoms with Gasteiger partial charge in [0.2, 0.25) is 0 Å². The van der Waals surface area contributed by atoms with E-state index in [1.807, 2.05) is 0 Å². The molecule has 0 atom stereocenters. The molecule has 2 aromatic rings. The molecule has 0 aliphatic rings. The quantitative estimate of drug-likeness (QED) is 0.886. The van der Waals surface area contributed by atoms with E-state index < -0.39 is 17.7 Å². The van der Waals surface area contributed by atoms with Gasteiger partial charge < -0.3 is 15.2 Å². The van der Waals surface area contributed by atoms with Gasteiger partial charge in [-0.25, -0.2) is 19.1 Å². The molecule has 8 nitrogen and oxygen atoms in total. The average Bonchev–Trinajstić information content (AvgIpc) is 2.79. The number of carbonyl (C=O) groups is 2. The first kappa shape index (κ1) is 15.7. The number of nitrogens with zero attached hydrogens (tertiary/aromatic N) is 3. The zero-order valence-corrected chi connectivity index (χ0v) is 12.7. The number of fused-ring (bicyclic) bond motifs is 1. The third kappa shape index (κ3) is 3.94. The first-order chi connectivity index (χ1) is 10.3. The summed E-state index contributed by atoms with van der Waals surface area (Å²) in [5, 5.41) is 15.6. The molecule has 0 saturated carbocycles. The highest BCUT2D eigenvalue weighted by atomic mass is 16.6. The van der Waals surface area contributed by atoms with Crippen LogP contribution < -0.4 is 5.32 Å². The van der Waals surface area contributed by atoms with Crippen molar-refractivity contribution in [2.24, 2.45) is 0 Å². The molecular weight excluding hydrogens is 288 g/mol. The van der Waals surface area contributed by atoms with Gasteiger partial charge in [-0.1, -0.05) is 0 Å². The lowest BCUT2D eigenvalue weighted by molar-refractivity contribution is 0.0527. The monoisotopic (exact) mass is 306 g/mol. The molecule has 0 fully saturated rings. The summed E-state index contributed by atoms with van der Waals surface area (Å²) >= 11 is 0. The maximum absolute atomic E-state index is 11.5. The van der Waals surface area contributed by atoms with E-state index in [4.69, 9.17) is 9.84 Å². The Balaban J connectivity index is 1.95. The summed E-state index contributed by atoms with van der Waals surface area (Å²) in [6, 6.07) is 0. The van der Waals surface area contributed by atoms with E-state index in [1.165, 1.54) is 10.7 Å². The third-order valence-corrected chi connectivity index (χ3v) is 2.72. The highest BCUT2D eigenvalue weighted by molar-refractivity contribution is 5.93. The van der Waals surface area contributed by atoms with Crippen LogP contribution in [0, 0.1) is 0 Å². The number of hydrogen-bond donors (Lipinski definition) is 2. The summed E-state index contributed by atoms with van der Waals surface area (Å²) in [6.07, 6.45) is 4.57. The number of carboxylic acids is 1. The lowest BCUT2D eigenvalue weighted by atomic mass is 10.2. The average molecular weight is 306 g/mol. The number of ether oxygens (including phenoxy) is 1. The van der Waals surface area contributed by atoms with Gasteiger partial charge in [0, 0.05) is 18.9 Å². The maximum atomic E-state index is 11.5. The molecule has 22 heavy (non-hydrogen) atoms. The molecule has 0 spiro atoms. The molecule has 0 aliphatic heterocycles. The van der Waals surface area contributed by atoms with Crippen LogP contribution in [0.4, 0.5) is 4.79 Å². The predicted octanol–water partition coefficient (Wildman–Crippen LogP) is 1.49. The second kappa shape index (κ2) is 6.00. The second-order valence-electron chi connectivity index (χ2n) is 5.77. The summed E-state index contributed by atoms with van der Waals surface area (Å²) < 4.78 is 6.54. The van der Waals surface area contributed by atoms with Gasteiger partial charge in [-0.15, -0.1) is 0 Å². The van der Waals surface area contributed by atoms with Crippen LogP contribution in [0.1, 0.15) is 36.7 Å². The van der Waals surface area contributed by atoms with E-state index in [-0.39, 0.29) is 11.2 Å². The van der Waals surface area contributed by atoms with Crippen molar-refractivity contribution >= 4 is 17.7 Å². The number of rotatable bonds is 4. The molecule has 8 heteroatoms. The summed E-state index contributed by atoms with van der Waals surface area (Å²) in [5.41, 5.74) is 0.630. The standard InChI is InChI=1S/C14H18N4O4/c1-14(2,3)22-13(21)15-5-4-9-6-16-11-10(12(19)20)7-17-18(11)8-9/h6-8H,4-5H2,1-3H3,(H,15,21)(H,19,20). The molecule has 0 aromatic carbocycles. The normalized spacial score (nSPS) is 11.4. The van der Waals surface area contributed by atoms with Gasteiger partial charge in [0.25, 0.3) is 0 Å². The minimum absolute atomic E-state index is 0.0541. The lowest BCUT2D eigenvalue weighted by Gasteiger charge is -2.19. The van der Waals surface area contributed by atoms with Gasteiger partial charge >= 0.3 is 12.1 Å². The molecule has 0 unspecified atom stereocenters. The smallest absolute Gasteiger partial charge is 0.407 e. The number of alkyl carbamates (subject to hydrolysis) is 1. The van der Waals surface area contributed by atoms with Crippen molar-refractivity contribution in [1.29, 1.82) is 0 Å². The highest BCUT2D eigenvalue weighted by Crippen LogP contribution is 2.09. The van der Waals surface area contributed by atoms with Gasteiger partial charge in [0.05, 0.1) is 6.20 Å². The molecule has 2 N–H and O–H groups in total. The van der Waals surface area contributed by atoms with Crippen LogP contribution in [0.25, 0.3) is 5.65 Å². The molecule has 118 valence electrons. The van der Waals surface area contributed by atoms with Crippen molar-refractivity contribution in [2.45, 2.75) is 32.8 Å². The van der Waals surface area contributed by atoms with Crippen LogP contribution in [-0.4, -0.2) is 43.9 Å². The van der Waals surface area contributed by atoms with E-state index in [1.54, 1.807) is 33.2 Å². The van der Waals surface area contributed by atoms with Crippen LogP contribution >= 0.6 is 0 Å². The second-order valence-corrected chi connectivity index (χ2v) is 5.77. The number of carboxylic acid groups (broad SMARTS) is 1. The zero-order valence-electron chi connectivity index (χ0n) is 12.7. The zero-order chi connectivity index (χ0) is 16.3. The Morgan fingerprint density at radius 2 is 2.09 bits per heavy atom. The van der Waals surface area contributed by atoms with Crippen LogP contribution in [0.15, 0.2) is 18.6 Å². The fourth-order valence-electron chi connectivity index (χ4n) is 1.82. The molecule has 2 rings (SSSR count). The SMILES string of the molecule is CC(C)(C)OC(=O)NCCc1cnc2c(C(=O)O)cnn2c1. The van der Waals surface area contributed by atoms with Crippen LogP contribution in [-0.2, 0) is 11.2 Å². The number of hydrogen-bond acceptors (Lipinski definition) is 5. The minimum Gasteiger partial charge on any atom is -0.477 e. The number of amides is 1. The number of carbonyl (C=O) groups excluding carboxylic acids is 1. The molecule has 0 radical (unpaired) electrons.